The fourth-order valence-electron chi connectivity index (χ4n) is 1.97. The second kappa shape index (κ2) is 6.48. The fraction of sp³-hybridized carbons (Fsp3) is 0.250. The minimum atomic E-state index is -1.21. The highest BCUT2D eigenvalue weighted by Crippen LogP contribution is 2.23. The molecular weight excluding hydrogens is 262 g/mol. The third-order valence-electron chi connectivity index (χ3n) is 3.09. The van der Waals surface area contributed by atoms with E-state index in [1.807, 2.05) is 25.1 Å². The molecule has 2 aromatic carbocycles. The van der Waals surface area contributed by atoms with Crippen LogP contribution in [0.25, 0.3) is 0 Å². The number of rotatable bonds is 5. The second-order valence-corrected chi connectivity index (χ2v) is 4.43. The summed E-state index contributed by atoms with van der Waals surface area (Å²) in [6.07, 6.45) is -0.420. The van der Waals surface area contributed by atoms with Gasteiger partial charge in [0, 0.05) is 5.56 Å². The number of ether oxygens (including phenoxy) is 1. The van der Waals surface area contributed by atoms with Gasteiger partial charge in [-0.1, -0.05) is 37.3 Å². The lowest BCUT2D eigenvalue weighted by atomic mass is 10.1. The van der Waals surface area contributed by atoms with Gasteiger partial charge in [0.25, 0.3) is 0 Å². The molecule has 1 unspecified atom stereocenters. The molecule has 20 heavy (non-hydrogen) atoms. The number of benzene rings is 2. The minimum Gasteiger partial charge on any atom is -0.490 e. The summed E-state index contributed by atoms with van der Waals surface area (Å²) in [5.41, 5.74) is 0.901. The van der Waals surface area contributed by atoms with Crippen molar-refractivity contribution >= 4 is 0 Å². The van der Waals surface area contributed by atoms with Crippen LogP contribution in [0.4, 0.5) is 8.78 Å². The predicted octanol–water partition coefficient (Wildman–Crippen LogP) is 3.64. The van der Waals surface area contributed by atoms with Gasteiger partial charge in [0.2, 0.25) is 0 Å². The molecule has 2 nitrogen and oxygen atoms in total. The Labute approximate surface area is 116 Å². The molecule has 2 rings (SSSR count). The molecule has 0 radical (unpaired) electrons. The van der Waals surface area contributed by atoms with E-state index in [2.05, 4.69) is 0 Å². The number of hydrogen-bond donors (Lipinski definition) is 1. The van der Waals surface area contributed by atoms with Crippen molar-refractivity contribution in [3.8, 4) is 5.75 Å². The SMILES string of the molecule is CCc1ccccc1OCC(O)c1cccc(F)c1F. The number of halogens is 2. The van der Waals surface area contributed by atoms with Gasteiger partial charge >= 0.3 is 0 Å². The summed E-state index contributed by atoms with van der Waals surface area (Å²) in [7, 11) is 0. The van der Waals surface area contributed by atoms with E-state index in [4.69, 9.17) is 4.74 Å². The summed E-state index contributed by atoms with van der Waals surface area (Å²) in [6, 6.07) is 11.1. The maximum absolute atomic E-state index is 13.5. The Morgan fingerprint density at radius 1 is 1.10 bits per heavy atom. The van der Waals surface area contributed by atoms with Crippen LogP contribution in [0.5, 0.6) is 5.75 Å². The quantitative estimate of drug-likeness (QED) is 0.904. The highest BCUT2D eigenvalue weighted by Gasteiger charge is 2.16. The van der Waals surface area contributed by atoms with Crippen molar-refractivity contribution in [3.05, 3.63) is 65.2 Å². The van der Waals surface area contributed by atoms with Crippen LogP contribution in [0.2, 0.25) is 0 Å². The average Bonchev–Trinajstić information content (AvgIpc) is 2.48. The zero-order valence-electron chi connectivity index (χ0n) is 11.1. The van der Waals surface area contributed by atoms with E-state index in [0.29, 0.717) is 5.75 Å². The lowest BCUT2D eigenvalue weighted by Gasteiger charge is -2.15. The number of aliphatic hydroxyl groups is 1. The first-order valence-electron chi connectivity index (χ1n) is 6.46. The summed E-state index contributed by atoms with van der Waals surface area (Å²) in [5.74, 6) is -1.37. The topological polar surface area (TPSA) is 29.5 Å². The van der Waals surface area contributed by atoms with Crippen LogP contribution in [0.3, 0.4) is 0 Å². The summed E-state index contributed by atoms with van der Waals surface area (Å²) in [6.45, 7) is 1.86. The van der Waals surface area contributed by atoms with Crippen LogP contribution in [-0.4, -0.2) is 11.7 Å². The largest absolute Gasteiger partial charge is 0.490 e. The normalized spacial score (nSPS) is 12.2. The number of aliphatic hydroxyl groups excluding tert-OH is 1. The van der Waals surface area contributed by atoms with Gasteiger partial charge in [-0.2, -0.15) is 0 Å². The molecule has 0 heterocycles. The Kier molecular flexibility index (Phi) is 4.69. The van der Waals surface area contributed by atoms with Crippen molar-refractivity contribution in [3.63, 3.8) is 0 Å². The monoisotopic (exact) mass is 278 g/mol. The van der Waals surface area contributed by atoms with Crippen LogP contribution in [-0.2, 0) is 6.42 Å². The van der Waals surface area contributed by atoms with Crippen molar-refractivity contribution in [1.29, 1.82) is 0 Å². The van der Waals surface area contributed by atoms with Crippen molar-refractivity contribution in [2.24, 2.45) is 0 Å². The molecule has 0 amide bonds. The Morgan fingerprint density at radius 3 is 2.60 bits per heavy atom. The van der Waals surface area contributed by atoms with Gasteiger partial charge in [-0.25, -0.2) is 8.78 Å². The number of hydrogen-bond acceptors (Lipinski definition) is 2. The van der Waals surface area contributed by atoms with Gasteiger partial charge in [0.1, 0.15) is 18.5 Å². The third kappa shape index (κ3) is 3.14. The summed E-state index contributed by atoms with van der Waals surface area (Å²) >= 11 is 0. The minimum absolute atomic E-state index is 0.0982. The van der Waals surface area contributed by atoms with E-state index in [1.165, 1.54) is 12.1 Å². The Balaban J connectivity index is 2.09. The molecule has 0 saturated carbocycles. The molecule has 0 aliphatic heterocycles. The van der Waals surface area contributed by atoms with Gasteiger partial charge < -0.3 is 9.84 Å². The fourth-order valence-corrected chi connectivity index (χ4v) is 1.97. The molecule has 0 spiro atoms. The molecule has 1 N–H and O–H groups in total. The van der Waals surface area contributed by atoms with Crippen LogP contribution in [0.1, 0.15) is 24.2 Å². The molecular formula is C16H16F2O2. The lowest BCUT2D eigenvalue weighted by Crippen LogP contribution is -2.12. The van der Waals surface area contributed by atoms with Crippen LogP contribution < -0.4 is 4.74 Å². The first-order chi connectivity index (χ1) is 9.63. The van der Waals surface area contributed by atoms with E-state index in [9.17, 15) is 13.9 Å². The highest BCUT2D eigenvalue weighted by atomic mass is 19.2. The molecule has 0 aliphatic rings. The summed E-state index contributed by atoms with van der Waals surface area (Å²) in [4.78, 5) is 0. The van der Waals surface area contributed by atoms with E-state index < -0.39 is 17.7 Å². The molecule has 2 aromatic rings. The molecule has 0 bridgehead atoms. The van der Waals surface area contributed by atoms with E-state index in [-0.39, 0.29) is 12.2 Å². The number of para-hydroxylation sites is 1. The van der Waals surface area contributed by atoms with Crippen LogP contribution in [0, 0.1) is 11.6 Å². The molecule has 0 fully saturated rings. The summed E-state index contributed by atoms with van der Waals surface area (Å²) < 4.78 is 32.1. The predicted molar refractivity (Wildman–Crippen MR) is 72.6 cm³/mol. The molecule has 0 aliphatic carbocycles. The van der Waals surface area contributed by atoms with E-state index >= 15 is 0 Å². The van der Waals surface area contributed by atoms with Crippen molar-refractivity contribution in [1.82, 2.24) is 0 Å². The zero-order valence-corrected chi connectivity index (χ0v) is 11.1. The third-order valence-corrected chi connectivity index (χ3v) is 3.09. The molecule has 106 valence electrons. The van der Waals surface area contributed by atoms with Crippen molar-refractivity contribution < 1.29 is 18.6 Å². The van der Waals surface area contributed by atoms with Gasteiger partial charge in [-0.05, 0) is 24.1 Å². The highest BCUT2D eigenvalue weighted by molar-refractivity contribution is 5.33. The number of aryl methyl sites for hydroxylation is 1. The molecule has 0 saturated heterocycles. The maximum atomic E-state index is 13.5. The first-order valence-corrected chi connectivity index (χ1v) is 6.46. The Hall–Kier alpha value is -1.94. The van der Waals surface area contributed by atoms with Gasteiger partial charge in [0.05, 0.1) is 0 Å². The van der Waals surface area contributed by atoms with Crippen molar-refractivity contribution in [2.75, 3.05) is 6.61 Å². The maximum Gasteiger partial charge on any atom is 0.164 e. The summed E-state index contributed by atoms with van der Waals surface area (Å²) in [5, 5.41) is 9.92. The zero-order chi connectivity index (χ0) is 14.5. The second-order valence-electron chi connectivity index (χ2n) is 4.43. The van der Waals surface area contributed by atoms with Crippen LogP contribution in [0.15, 0.2) is 42.5 Å². The van der Waals surface area contributed by atoms with E-state index in [1.54, 1.807) is 6.07 Å². The molecule has 0 aromatic heterocycles. The van der Waals surface area contributed by atoms with Gasteiger partial charge in [-0.3, -0.25) is 0 Å². The molecule has 4 heteroatoms. The average molecular weight is 278 g/mol. The van der Waals surface area contributed by atoms with Gasteiger partial charge in [0.15, 0.2) is 11.6 Å². The van der Waals surface area contributed by atoms with E-state index in [0.717, 1.165) is 18.1 Å². The van der Waals surface area contributed by atoms with Gasteiger partial charge in [-0.15, -0.1) is 0 Å². The standard InChI is InChI=1S/C16H16F2O2/c1-2-11-6-3-4-9-15(11)20-10-14(19)12-7-5-8-13(17)16(12)18/h3-9,14,19H,2,10H2,1H3. The lowest BCUT2D eigenvalue weighted by molar-refractivity contribution is 0.104. The van der Waals surface area contributed by atoms with Crippen molar-refractivity contribution in [2.45, 2.75) is 19.4 Å². The Morgan fingerprint density at radius 2 is 1.85 bits per heavy atom. The first kappa shape index (κ1) is 14.5. The smallest absolute Gasteiger partial charge is 0.164 e. The van der Waals surface area contributed by atoms with Crippen LogP contribution >= 0.6 is 0 Å². The molecule has 1 atom stereocenters. The Bertz CT molecular complexity index is 584.